The molecule has 2 heterocycles. The average Bonchev–Trinajstić information content (AvgIpc) is 3.42. The molecule has 0 aliphatic rings. The molecule has 2 aromatic carbocycles. The van der Waals surface area contributed by atoms with E-state index in [1.54, 1.807) is 27.1 Å². The third-order valence-electron chi connectivity index (χ3n) is 7.21. The maximum absolute atomic E-state index is 15.8. The summed E-state index contributed by atoms with van der Waals surface area (Å²) in [6.07, 6.45) is -6.51. The number of alkyl halides is 6. The molecule has 0 aliphatic heterocycles. The van der Waals surface area contributed by atoms with Crippen molar-refractivity contribution in [1.29, 1.82) is 0 Å². The summed E-state index contributed by atoms with van der Waals surface area (Å²) in [7, 11) is 1.05. The third kappa shape index (κ3) is 7.77. The second-order valence-electron chi connectivity index (χ2n) is 12.1. The van der Waals surface area contributed by atoms with Crippen LogP contribution in [0.3, 0.4) is 0 Å². The number of carbonyl (C=O) groups is 1. The van der Waals surface area contributed by atoms with E-state index in [9.17, 15) is 31.1 Å². The highest BCUT2D eigenvalue weighted by Gasteiger charge is 2.45. The smallest absolute Gasteiger partial charge is 0.416 e. The predicted octanol–water partition coefficient (Wildman–Crippen LogP) is 7.60. The molecule has 0 fully saturated rings. The second-order valence-corrected chi connectivity index (χ2v) is 12.1. The summed E-state index contributed by atoms with van der Waals surface area (Å²) in [5, 5.41) is 0. The molecule has 0 bridgehead atoms. The maximum Gasteiger partial charge on any atom is 0.416 e. The first-order valence-corrected chi connectivity index (χ1v) is 14.3. The molecule has 1 unspecified atom stereocenters. The van der Waals surface area contributed by atoms with Crippen LogP contribution in [-0.4, -0.2) is 57.6 Å². The summed E-state index contributed by atoms with van der Waals surface area (Å²) >= 11 is 0. The fourth-order valence-corrected chi connectivity index (χ4v) is 4.82. The highest BCUT2D eigenvalue weighted by molar-refractivity contribution is 5.89. The van der Waals surface area contributed by atoms with Crippen LogP contribution >= 0.6 is 0 Å². The van der Waals surface area contributed by atoms with Crippen LogP contribution in [0.4, 0.5) is 30.7 Å². The lowest BCUT2D eigenvalue weighted by Gasteiger charge is -2.33. The monoisotopic (exact) mass is 667 g/mol. The van der Waals surface area contributed by atoms with E-state index in [4.69, 9.17) is 9.47 Å². The van der Waals surface area contributed by atoms with Crippen molar-refractivity contribution in [2.45, 2.75) is 64.0 Å². The Bertz CT molecular complexity index is 1760. The Labute approximate surface area is 265 Å². The molecule has 2 aromatic heterocycles. The van der Waals surface area contributed by atoms with E-state index < -0.39 is 65.0 Å². The molecule has 4 aromatic rings. The first-order valence-electron chi connectivity index (χ1n) is 14.3. The molecule has 0 saturated carbocycles. The highest BCUT2D eigenvalue weighted by Crippen LogP contribution is 2.37. The molecule has 15 heteroatoms. The first-order chi connectivity index (χ1) is 21.8. The molecule has 0 spiro atoms. The SMILES string of the molecule is COC(=O)C(CN=Cc1cc(C(F)(F)F)cc(C(F)(F)F)c1)(COC(C)(C)C)c1cc(-c2ncnc3c2ncn3C(C)C)ccc1F. The van der Waals surface area contributed by atoms with Gasteiger partial charge in [0.15, 0.2) is 5.65 Å². The number of halogens is 7. The van der Waals surface area contributed by atoms with E-state index in [1.807, 2.05) is 18.4 Å². The lowest BCUT2D eigenvalue weighted by Crippen LogP contribution is -2.47. The number of fused-ring (bicyclic) bond motifs is 1. The van der Waals surface area contributed by atoms with Gasteiger partial charge in [-0.15, -0.1) is 0 Å². The second kappa shape index (κ2) is 13.0. The fraction of sp³-hybridized carbons (Fsp3) is 0.406. The van der Waals surface area contributed by atoms with Crippen LogP contribution < -0.4 is 0 Å². The first kappa shape index (κ1) is 35.5. The van der Waals surface area contributed by atoms with Gasteiger partial charge < -0.3 is 14.0 Å². The van der Waals surface area contributed by atoms with E-state index >= 15 is 4.39 Å². The molecule has 0 radical (unpaired) electrons. The van der Waals surface area contributed by atoms with Crippen molar-refractivity contribution in [3.8, 4) is 11.3 Å². The van der Waals surface area contributed by atoms with Crippen molar-refractivity contribution in [2.24, 2.45) is 4.99 Å². The Balaban J connectivity index is 1.88. The van der Waals surface area contributed by atoms with Crippen molar-refractivity contribution in [3.05, 3.63) is 77.1 Å². The topological polar surface area (TPSA) is 91.5 Å². The van der Waals surface area contributed by atoms with Crippen molar-refractivity contribution in [2.75, 3.05) is 20.3 Å². The van der Waals surface area contributed by atoms with Crippen LogP contribution in [0.25, 0.3) is 22.4 Å². The maximum atomic E-state index is 15.8. The Morgan fingerprint density at radius 1 is 0.957 bits per heavy atom. The number of aromatic nitrogens is 4. The largest absolute Gasteiger partial charge is 0.468 e. The molecule has 0 aliphatic carbocycles. The van der Waals surface area contributed by atoms with E-state index in [0.29, 0.717) is 34.6 Å². The van der Waals surface area contributed by atoms with Crippen LogP contribution in [0.1, 0.15) is 62.9 Å². The Hall–Kier alpha value is -4.40. The van der Waals surface area contributed by atoms with Crippen LogP contribution in [0.2, 0.25) is 0 Å². The van der Waals surface area contributed by atoms with E-state index in [2.05, 4.69) is 19.9 Å². The zero-order valence-corrected chi connectivity index (χ0v) is 26.3. The number of ether oxygens (including phenoxy) is 2. The van der Waals surface area contributed by atoms with Crippen LogP contribution in [0, 0.1) is 5.82 Å². The number of benzene rings is 2. The minimum absolute atomic E-state index is 0.00921. The number of imidazole rings is 1. The van der Waals surface area contributed by atoms with Gasteiger partial charge in [0.05, 0.1) is 43.3 Å². The van der Waals surface area contributed by atoms with Gasteiger partial charge >= 0.3 is 18.3 Å². The molecule has 47 heavy (non-hydrogen) atoms. The molecule has 0 amide bonds. The molecular weight excluding hydrogens is 635 g/mol. The molecule has 0 saturated heterocycles. The van der Waals surface area contributed by atoms with Gasteiger partial charge in [0, 0.05) is 23.4 Å². The zero-order valence-electron chi connectivity index (χ0n) is 26.3. The average molecular weight is 668 g/mol. The Morgan fingerprint density at radius 3 is 2.15 bits per heavy atom. The van der Waals surface area contributed by atoms with Gasteiger partial charge in [0.2, 0.25) is 0 Å². The van der Waals surface area contributed by atoms with Gasteiger partial charge in [-0.3, -0.25) is 9.79 Å². The molecule has 4 rings (SSSR count). The summed E-state index contributed by atoms with van der Waals surface area (Å²) in [4.78, 5) is 30.7. The van der Waals surface area contributed by atoms with Crippen LogP contribution in [-0.2, 0) is 32.0 Å². The highest BCUT2D eigenvalue weighted by atomic mass is 19.4. The van der Waals surface area contributed by atoms with Crippen molar-refractivity contribution < 1.29 is 45.0 Å². The summed E-state index contributed by atoms with van der Waals surface area (Å²) < 4.78 is 109. The lowest BCUT2D eigenvalue weighted by atomic mass is 9.79. The Kier molecular flexibility index (Phi) is 9.81. The summed E-state index contributed by atoms with van der Waals surface area (Å²) in [5.41, 5.74) is -5.23. The summed E-state index contributed by atoms with van der Waals surface area (Å²) in [5.74, 6) is -1.88. The number of hydrogen-bond donors (Lipinski definition) is 0. The van der Waals surface area contributed by atoms with Crippen LogP contribution in [0.5, 0.6) is 0 Å². The number of nitrogens with zero attached hydrogens (tertiary/aromatic N) is 5. The predicted molar refractivity (Wildman–Crippen MR) is 159 cm³/mol. The molecular formula is C32H32F7N5O3. The van der Waals surface area contributed by atoms with Gasteiger partial charge in [0.1, 0.15) is 28.8 Å². The normalized spacial score (nSPS) is 14.3. The van der Waals surface area contributed by atoms with E-state index in [-0.39, 0.29) is 17.7 Å². The number of rotatable bonds is 9. The Morgan fingerprint density at radius 2 is 1.60 bits per heavy atom. The summed E-state index contributed by atoms with van der Waals surface area (Å²) in [6, 6.07) is 4.84. The quantitative estimate of drug-likeness (QED) is 0.104. The fourth-order valence-electron chi connectivity index (χ4n) is 4.82. The van der Waals surface area contributed by atoms with Gasteiger partial charge in [-0.2, -0.15) is 26.3 Å². The number of hydrogen-bond acceptors (Lipinski definition) is 7. The van der Waals surface area contributed by atoms with Crippen molar-refractivity contribution in [1.82, 2.24) is 19.5 Å². The van der Waals surface area contributed by atoms with Crippen molar-refractivity contribution >= 4 is 23.3 Å². The van der Waals surface area contributed by atoms with Gasteiger partial charge in [-0.1, -0.05) is 0 Å². The third-order valence-corrected chi connectivity index (χ3v) is 7.21. The lowest BCUT2D eigenvalue weighted by molar-refractivity contribution is -0.152. The molecule has 0 N–H and O–H groups in total. The van der Waals surface area contributed by atoms with Crippen molar-refractivity contribution in [3.63, 3.8) is 0 Å². The molecule has 8 nitrogen and oxygen atoms in total. The minimum atomic E-state index is -5.08. The standard InChI is InChI=1S/C32H32F7N5O3/c1-18(2)44-17-43-26-25(41-16-42-27(26)44)20-7-8-24(33)23(11-20)30(28(45)46-6,15-47-29(3,4)5)14-40-13-19-9-21(31(34,35)36)12-22(10-19)32(37,38)39/h7-13,16-18H,14-15H2,1-6H3. The molecule has 1 atom stereocenters. The minimum Gasteiger partial charge on any atom is -0.468 e. The van der Waals surface area contributed by atoms with Gasteiger partial charge in [-0.05, 0) is 76.6 Å². The number of aliphatic imine (C=N–C) groups is 1. The zero-order chi connectivity index (χ0) is 34.9. The number of methoxy groups -OCH3 is 1. The van der Waals surface area contributed by atoms with Gasteiger partial charge in [-0.25, -0.2) is 19.3 Å². The summed E-state index contributed by atoms with van der Waals surface area (Å²) in [6.45, 7) is 7.71. The van der Waals surface area contributed by atoms with E-state index in [0.717, 1.165) is 19.4 Å². The van der Waals surface area contributed by atoms with Crippen LogP contribution in [0.15, 0.2) is 54.0 Å². The van der Waals surface area contributed by atoms with Gasteiger partial charge in [0.25, 0.3) is 0 Å². The molecule has 252 valence electrons. The number of carbonyl (C=O) groups excluding carboxylic acids is 1. The van der Waals surface area contributed by atoms with E-state index in [1.165, 1.54) is 18.5 Å². The number of esters is 1.